The van der Waals surface area contributed by atoms with E-state index in [9.17, 15) is 5.11 Å². The molecule has 20 heavy (non-hydrogen) atoms. The van der Waals surface area contributed by atoms with Crippen molar-refractivity contribution < 1.29 is 5.11 Å². The van der Waals surface area contributed by atoms with Crippen LogP contribution in [-0.4, -0.2) is 29.1 Å². The second-order valence-electron chi connectivity index (χ2n) is 5.57. The quantitative estimate of drug-likeness (QED) is 0.752. The average molecular weight is 316 g/mol. The van der Waals surface area contributed by atoms with Crippen LogP contribution in [0.5, 0.6) is 0 Å². The third-order valence-corrected chi connectivity index (χ3v) is 4.73. The molecule has 0 heterocycles. The van der Waals surface area contributed by atoms with E-state index >= 15 is 0 Å². The van der Waals surface area contributed by atoms with Gasteiger partial charge in [-0.3, -0.25) is 0 Å². The summed E-state index contributed by atoms with van der Waals surface area (Å²) in [7, 11) is 0. The van der Waals surface area contributed by atoms with Crippen molar-refractivity contribution in [2.45, 2.75) is 51.2 Å². The van der Waals surface area contributed by atoms with Gasteiger partial charge in [0.2, 0.25) is 0 Å². The molecule has 1 aliphatic carbocycles. The fourth-order valence-electron chi connectivity index (χ4n) is 2.50. The number of nitrogens with zero attached hydrogens (tertiary/aromatic N) is 1. The van der Waals surface area contributed by atoms with E-state index in [4.69, 9.17) is 23.2 Å². The van der Waals surface area contributed by atoms with Crippen molar-refractivity contribution in [2.24, 2.45) is 0 Å². The predicted molar refractivity (Wildman–Crippen MR) is 85.5 cm³/mol. The summed E-state index contributed by atoms with van der Waals surface area (Å²) in [5.41, 5.74) is 0.741. The zero-order valence-corrected chi connectivity index (χ0v) is 13.5. The molecular weight excluding hydrogens is 293 g/mol. The SMILES string of the molecule is CCCCN(CCC(O)c1cccc(Cl)c1Cl)C1CC1. The first-order valence-electron chi connectivity index (χ1n) is 7.49. The van der Waals surface area contributed by atoms with E-state index < -0.39 is 6.10 Å². The van der Waals surface area contributed by atoms with Gasteiger partial charge in [-0.25, -0.2) is 0 Å². The van der Waals surface area contributed by atoms with E-state index in [1.54, 1.807) is 6.07 Å². The van der Waals surface area contributed by atoms with Crippen molar-refractivity contribution in [1.82, 2.24) is 4.90 Å². The first-order valence-corrected chi connectivity index (χ1v) is 8.25. The summed E-state index contributed by atoms with van der Waals surface area (Å²) in [5.74, 6) is 0. The monoisotopic (exact) mass is 315 g/mol. The molecule has 1 unspecified atom stereocenters. The molecule has 0 radical (unpaired) electrons. The Morgan fingerprint density at radius 3 is 2.70 bits per heavy atom. The molecule has 0 aliphatic heterocycles. The van der Waals surface area contributed by atoms with Crippen molar-refractivity contribution in [1.29, 1.82) is 0 Å². The minimum atomic E-state index is -0.538. The molecule has 112 valence electrons. The van der Waals surface area contributed by atoms with Gasteiger partial charge in [0.1, 0.15) is 0 Å². The largest absolute Gasteiger partial charge is 0.388 e. The molecule has 2 nitrogen and oxygen atoms in total. The molecule has 0 bridgehead atoms. The van der Waals surface area contributed by atoms with Crippen LogP contribution in [0.3, 0.4) is 0 Å². The molecule has 1 atom stereocenters. The summed E-state index contributed by atoms with van der Waals surface area (Å²) in [4.78, 5) is 2.51. The Bertz CT molecular complexity index is 434. The number of aliphatic hydroxyl groups is 1. The second-order valence-corrected chi connectivity index (χ2v) is 6.35. The van der Waals surface area contributed by atoms with Gasteiger partial charge in [-0.2, -0.15) is 0 Å². The highest BCUT2D eigenvalue weighted by Gasteiger charge is 2.28. The van der Waals surface area contributed by atoms with Crippen molar-refractivity contribution >= 4 is 23.2 Å². The van der Waals surface area contributed by atoms with Crippen molar-refractivity contribution in [3.63, 3.8) is 0 Å². The maximum absolute atomic E-state index is 10.3. The van der Waals surface area contributed by atoms with E-state index in [0.29, 0.717) is 16.5 Å². The second kappa shape index (κ2) is 7.65. The molecule has 1 aromatic rings. The normalized spacial score (nSPS) is 16.6. The van der Waals surface area contributed by atoms with Crippen LogP contribution in [0, 0.1) is 0 Å². The van der Waals surface area contributed by atoms with Crippen LogP contribution >= 0.6 is 23.2 Å². The number of benzene rings is 1. The van der Waals surface area contributed by atoms with Gasteiger partial charge in [0.05, 0.1) is 16.1 Å². The standard InChI is InChI=1S/C16H23Cl2NO/c1-2-3-10-19(12-7-8-12)11-9-15(20)13-5-4-6-14(17)16(13)18/h4-6,12,15,20H,2-3,7-11H2,1H3. The van der Waals surface area contributed by atoms with Crippen LogP contribution in [0.15, 0.2) is 18.2 Å². The van der Waals surface area contributed by atoms with E-state index in [1.165, 1.54) is 25.7 Å². The van der Waals surface area contributed by atoms with Crippen molar-refractivity contribution in [2.75, 3.05) is 13.1 Å². The third-order valence-electron chi connectivity index (χ3n) is 3.89. The lowest BCUT2D eigenvalue weighted by Gasteiger charge is -2.23. The molecule has 2 rings (SSSR count). The van der Waals surface area contributed by atoms with Gasteiger partial charge in [-0.15, -0.1) is 0 Å². The van der Waals surface area contributed by atoms with E-state index in [0.717, 1.165) is 24.7 Å². The Kier molecular flexibility index (Phi) is 6.16. The third kappa shape index (κ3) is 4.36. The number of hydrogen-bond acceptors (Lipinski definition) is 2. The molecule has 0 saturated heterocycles. The van der Waals surface area contributed by atoms with Crippen LogP contribution in [0.1, 0.15) is 50.7 Å². The van der Waals surface area contributed by atoms with E-state index in [1.807, 2.05) is 12.1 Å². The lowest BCUT2D eigenvalue weighted by molar-refractivity contribution is 0.138. The molecule has 4 heteroatoms. The average Bonchev–Trinajstić information content (AvgIpc) is 3.26. The minimum absolute atomic E-state index is 0.480. The summed E-state index contributed by atoms with van der Waals surface area (Å²) >= 11 is 12.2. The number of rotatable bonds is 8. The molecule has 1 aromatic carbocycles. The van der Waals surface area contributed by atoms with Crippen LogP contribution in [0.25, 0.3) is 0 Å². The maximum Gasteiger partial charge on any atom is 0.0817 e. The lowest BCUT2D eigenvalue weighted by atomic mass is 10.1. The van der Waals surface area contributed by atoms with Crippen LogP contribution in [0.4, 0.5) is 0 Å². The lowest BCUT2D eigenvalue weighted by Crippen LogP contribution is -2.29. The van der Waals surface area contributed by atoms with Crippen molar-refractivity contribution in [3.05, 3.63) is 33.8 Å². The summed E-state index contributed by atoms with van der Waals surface area (Å²) in [5, 5.41) is 11.3. The highest BCUT2D eigenvalue weighted by Crippen LogP contribution is 2.32. The summed E-state index contributed by atoms with van der Waals surface area (Å²) in [6.07, 6.45) is 5.22. The Morgan fingerprint density at radius 1 is 1.30 bits per heavy atom. The van der Waals surface area contributed by atoms with Gasteiger partial charge in [0.25, 0.3) is 0 Å². The Labute approximate surface area is 131 Å². The minimum Gasteiger partial charge on any atom is -0.388 e. The van der Waals surface area contributed by atoms with Gasteiger partial charge in [0.15, 0.2) is 0 Å². The van der Waals surface area contributed by atoms with Crippen LogP contribution < -0.4 is 0 Å². The number of unbranched alkanes of at least 4 members (excludes halogenated alkanes) is 1. The first kappa shape index (κ1) is 16.1. The Hall–Kier alpha value is -0.280. The predicted octanol–water partition coefficient (Wildman–Crippen LogP) is 4.68. The zero-order valence-electron chi connectivity index (χ0n) is 12.0. The molecule has 0 spiro atoms. The molecule has 1 N–H and O–H groups in total. The molecule has 0 amide bonds. The van der Waals surface area contributed by atoms with Gasteiger partial charge in [0, 0.05) is 18.2 Å². The molecule has 1 fully saturated rings. The van der Waals surface area contributed by atoms with Gasteiger partial charge < -0.3 is 10.0 Å². The van der Waals surface area contributed by atoms with Gasteiger partial charge >= 0.3 is 0 Å². The summed E-state index contributed by atoms with van der Waals surface area (Å²) in [6, 6.07) is 6.18. The number of halogens is 2. The summed E-state index contributed by atoms with van der Waals surface area (Å²) < 4.78 is 0. The van der Waals surface area contributed by atoms with Crippen LogP contribution in [0.2, 0.25) is 10.0 Å². The fraction of sp³-hybridized carbons (Fsp3) is 0.625. The van der Waals surface area contributed by atoms with Crippen LogP contribution in [-0.2, 0) is 0 Å². The Morgan fingerprint density at radius 2 is 2.05 bits per heavy atom. The smallest absolute Gasteiger partial charge is 0.0817 e. The summed E-state index contributed by atoms with van der Waals surface area (Å²) in [6.45, 7) is 4.28. The molecule has 1 aliphatic rings. The first-order chi connectivity index (χ1) is 9.63. The molecular formula is C16H23Cl2NO. The number of hydrogen-bond donors (Lipinski definition) is 1. The molecule has 0 aromatic heterocycles. The molecule has 1 saturated carbocycles. The van der Waals surface area contributed by atoms with Crippen molar-refractivity contribution in [3.8, 4) is 0 Å². The van der Waals surface area contributed by atoms with Gasteiger partial charge in [-0.05, 0) is 38.3 Å². The van der Waals surface area contributed by atoms with E-state index in [2.05, 4.69) is 11.8 Å². The fourth-order valence-corrected chi connectivity index (χ4v) is 2.93. The topological polar surface area (TPSA) is 23.5 Å². The number of aliphatic hydroxyl groups excluding tert-OH is 1. The Balaban J connectivity index is 1.89. The zero-order chi connectivity index (χ0) is 14.5. The highest BCUT2D eigenvalue weighted by atomic mass is 35.5. The van der Waals surface area contributed by atoms with Gasteiger partial charge in [-0.1, -0.05) is 48.7 Å². The van der Waals surface area contributed by atoms with E-state index in [-0.39, 0.29) is 0 Å². The maximum atomic E-state index is 10.3. The highest BCUT2D eigenvalue weighted by molar-refractivity contribution is 6.42.